The summed E-state index contributed by atoms with van der Waals surface area (Å²) in [6.07, 6.45) is 0. The van der Waals surface area contributed by atoms with E-state index in [1.165, 1.54) is 0 Å². The fourth-order valence-electron chi connectivity index (χ4n) is 2.06. The van der Waals surface area contributed by atoms with Crippen LogP contribution in [0.5, 0.6) is 0 Å². The van der Waals surface area contributed by atoms with Gasteiger partial charge in [0, 0.05) is 18.3 Å². The lowest BCUT2D eigenvalue weighted by atomic mass is 10.1. The van der Waals surface area contributed by atoms with Crippen molar-refractivity contribution < 1.29 is 4.79 Å². The molecule has 104 valence electrons. The van der Waals surface area contributed by atoms with Crippen molar-refractivity contribution in [3.8, 4) is 0 Å². The van der Waals surface area contributed by atoms with Gasteiger partial charge in [0.15, 0.2) is 0 Å². The molecule has 0 aliphatic carbocycles. The molecule has 0 aliphatic heterocycles. The molecule has 0 fully saturated rings. The Morgan fingerprint density at radius 3 is 2.45 bits per heavy atom. The average Bonchev–Trinajstić information content (AvgIpc) is 2.42. The highest BCUT2D eigenvalue weighted by atomic mass is 35.5. The minimum absolute atomic E-state index is 0.160. The second kappa shape index (κ2) is 5.97. The largest absolute Gasteiger partial charge is 0.388 e. The first-order valence-electron chi connectivity index (χ1n) is 6.38. The van der Waals surface area contributed by atoms with E-state index >= 15 is 0 Å². The molecule has 0 atom stereocenters. The molecule has 0 saturated heterocycles. The van der Waals surface area contributed by atoms with Gasteiger partial charge in [-0.15, -0.1) is 0 Å². The number of halogens is 1. The lowest BCUT2D eigenvalue weighted by Crippen LogP contribution is -2.13. The fourth-order valence-corrected chi connectivity index (χ4v) is 2.33. The number of aryl methyl sites for hydroxylation is 2. The fraction of sp³-hybridized carbons (Fsp3) is 0.188. The Morgan fingerprint density at radius 1 is 1.10 bits per heavy atom. The van der Waals surface area contributed by atoms with Gasteiger partial charge in [0.05, 0.1) is 10.7 Å². The van der Waals surface area contributed by atoms with Crippen LogP contribution < -0.4 is 10.6 Å². The first kappa shape index (κ1) is 14.4. The topological polar surface area (TPSA) is 41.1 Å². The molecule has 4 heteroatoms. The highest BCUT2D eigenvalue weighted by Gasteiger charge is 2.11. The van der Waals surface area contributed by atoms with Gasteiger partial charge in [-0.05, 0) is 49.2 Å². The minimum Gasteiger partial charge on any atom is -0.388 e. The Morgan fingerprint density at radius 2 is 1.85 bits per heavy atom. The van der Waals surface area contributed by atoms with E-state index in [1.54, 1.807) is 12.1 Å². The second-order valence-corrected chi connectivity index (χ2v) is 5.07. The molecule has 0 saturated carbocycles. The number of nitrogens with one attached hydrogen (secondary N) is 2. The molecule has 0 aliphatic rings. The van der Waals surface area contributed by atoms with Crippen LogP contribution in [0.25, 0.3) is 0 Å². The van der Waals surface area contributed by atoms with Gasteiger partial charge < -0.3 is 10.6 Å². The third-order valence-corrected chi connectivity index (χ3v) is 3.53. The maximum absolute atomic E-state index is 12.3. The van der Waals surface area contributed by atoms with E-state index in [0.29, 0.717) is 16.3 Å². The van der Waals surface area contributed by atoms with Crippen molar-refractivity contribution in [2.24, 2.45) is 0 Å². The van der Waals surface area contributed by atoms with Crippen LogP contribution in [-0.2, 0) is 0 Å². The summed E-state index contributed by atoms with van der Waals surface area (Å²) < 4.78 is 0. The molecule has 2 aromatic rings. The second-order valence-electron chi connectivity index (χ2n) is 4.67. The third kappa shape index (κ3) is 2.94. The van der Waals surface area contributed by atoms with Crippen LogP contribution in [0, 0.1) is 13.8 Å². The number of rotatable bonds is 3. The zero-order chi connectivity index (χ0) is 14.7. The molecule has 3 nitrogen and oxygen atoms in total. The van der Waals surface area contributed by atoms with Crippen LogP contribution in [0.4, 0.5) is 11.4 Å². The average molecular weight is 289 g/mol. The van der Waals surface area contributed by atoms with Gasteiger partial charge >= 0.3 is 0 Å². The van der Waals surface area contributed by atoms with Crippen LogP contribution in [0.1, 0.15) is 21.5 Å². The van der Waals surface area contributed by atoms with Gasteiger partial charge in [-0.3, -0.25) is 4.79 Å². The number of amides is 1. The van der Waals surface area contributed by atoms with E-state index in [4.69, 9.17) is 11.6 Å². The van der Waals surface area contributed by atoms with E-state index in [2.05, 4.69) is 10.6 Å². The molecule has 20 heavy (non-hydrogen) atoms. The minimum atomic E-state index is -0.160. The molecule has 0 radical (unpaired) electrons. The number of hydrogen-bond donors (Lipinski definition) is 2. The molecular formula is C16H17ClN2O. The van der Waals surface area contributed by atoms with Crippen LogP contribution in [0.2, 0.25) is 5.02 Å². The first-order chi connectivity index (χ1) is 9.52. The summed E-state index contributed by atoms with van der Waals surface area (Å²) in [7, 11) is 1.86. The van der Waals surface area contributed by atoms with Crippen molar-refractivity contribution in [3.63, 3.8) is 0 Å². The number of carbonyl (C=O) groups is 1. The molecular weight excluding hydrogens is 272 g/mol. The predicted octanol–water partition coefficient (Wildman–Crippen LogP) is 4.25. The van der Waals surface area contributed by atoms with Crippen LogP contribution in [-0.4, -0.2) is 13.0 Å². The SMILES string of the molecule is CNc1ccc(C(=O)Nc2c(C)cccc2Cl)cc1C. The smallest absolute Gasteiger partial charge is 0.255 e. The lowest BCUT2D eigenvalue weighted by Gasteiger charge is -2.11. The highest BCUT2D eigenvalue weighted by Crippen LogP contribution is 2.26. The van der Waals surface area contributed by atoms with Crippen molar-refractivity contribution in [1.82, 2.24) is 0 Å². The Hall–Kier alpha value is -2.00. The van der Waals surface area contributed by atoms with Gasteiger partial charge in [0.1, 0.15) is 0 Å². The molecule has 0 aromatic heterocycles. The maximum Gasteiger partial charge on any atom is 0.255 e. The monoisotopic (exact) mass is 288 g/mol. The Kier molecular flexibility index (Phi) is 4.30. The Labute approximate surface area is 124 Å². The summed E-state index contributed by atoms with van der Waals surface area (Å²) in [4.78, 5) is 12.3. The third-order valence-electron chi connectivity index (χ3n) is 3.22. The van der Waals surface area contributed by atoms with Crippen molar-refractivity contribution in [3.05, 3.63) is 58.1 Å². The Bertz CT molecular complexity index is 633. The number of para-hydroxylation sites is 1. The normalized spacial score (nSPS) is 10.2. The number of carbonyl (C=O) groups excluding carboxylic acids is 1. The highest BCUT2D eigenvalue weighted by molar-refractivity contribution is 6.34. The summed E-state index contributed by atoms with van der Waals surface area (Å²) in [5.74, 6) is -0.160. The number of hydrogen-bond acceptors (Lipinski definition) is 2. The van der Waals surface area contributed by atoms with Gasteiger partial charge in [-0.25, -0.2) is 0 Å². The number of anilines is 2. The zero-order valence-electron chi connectivity index (χ0n) is 11.8. The molecule has 0 bridgehead atoms. The summed E-state index contributed by atoms with van der Waals surface area (Å²) >= 11 is 6.12. The summed E-state index contributed by atoms with van der Waals surface area (Å²) in [6.45, 7) is 3.88. The van der Waals surface area contributed by atoms with Gasteiger partial charge in [-0.1, -0.05) is 23.7 Å². The van der Waals surface area contributed by atoms with E-state index < -0.39 is 0 Å². The molecule has 0 spiro atoms. The van der Waals surface area contributed by atoms with Gasteiger partial charge in [0.2, 0.25) is 0 Å². The number of benzene rings is 2. The van der Waals surface area contributed by atoms with Gasteiger partial charge in [0.25, 0.3) is 5.91 Å². The lowest BCUT2D eigenvalue weighted by molar-refractivity contribution is 0.102. The molecule has 0 unspecified atom stereocenters. The summed E-state index contributed by atoms with van der Waals surface area (Å²) in [5.41, 5.74) is 4.25. The summed E-state index contributed by atoms with van der Waals surface area (Å²) in [5, 5.41) is 6.49. The van der Waals surface area contributed by atoms with E-state index in [0.717, 1.165) is 16.8 Å². The molecule has 2 N–H and O–H groups in total. The van der Waals surface area contributed by atoms with E-state index in [1.807, 2.05) is 45.2 Å². The molecule has 0 heterocycles. The van der Waals surface area contributed by atoms with Gasteiger partial charge in [-0.2, -0.15) is 0 Å². The summed E-state index contributed by atoms with van der Waals surface area (Å²) in [6, 6.07) is 11.1. The van der Waals surface area contributed by atoms with Crippen molar-refractivity contribution in [1.29, 1.82) is 0 Å². The predicted molar refractivity (Wildman–Crippen MR) is 84.9 cm³/mol. The van der Waals surface area contributed by atoms with Crippen molar-refractivity contribution in [2.75, 3.05) is 17.7 Å². The van der Waals surface area contributed by atoms with E-state index in [-0.39, 0.29) is 5.91 Å². The first-order valence-corrected chi connectivity index (χ1v) is 6.75. The maximum atomic E-state index is 12.3. The Balaban J connectivity index is 2.26. The van der Waals surface area contributed by atoms with Crippen LogP contribution in [0.15, 0.2) is 36.4 Å². The quantitative estimate of drug-likeness (QED) is 0.886. The molecule has 2 aromatic carbocycles. The molecule has 2 rings (SSSR count). The van der Waals surface area contributed by atoms with Crippen molar-refractivity contribution >= 4 is 28.9 Å². The van der Waals surface area contributed by atoms with E-state index in [9.17, 15) is 4.79 Å². The zero-order valence-corrected chi connectivity index (χ0v) is 12.5. The standard InChI is InChI=1S/C16H17ClN2O/c1-10-5-4-6-13(17)15(10)19-16(20)12-7-8-14(18-3)11(2)9-12/h4-9,18H,1-3H3,(H,19,20). The van der Waals surface area contributed by atoms with Crippen molar-refractivity contribution in [2.45, 2.75) is 13.8 Å². The van der Waals surface area contributed by atoms with Crippen LogP contribution >= 0.6 is 11.6 Å². The molecule has 1 amide bonds. The van der Waals surface area contributed by atoms with Crippen LogP contribution in [0.3, 0.4) is 0 Å².